The molecule has 1 rings (SSSR count). The van der Waals surface area contributed by atoms with Gasteiger partial charge < -0.3 is 15.2 Å². The number of hydrogen-bond donors (Lipinski definition) is 1. The van der Waals surface area contributed by atoms with E-state index in [1.54, 1.807) is 18.2 Å². The molecule has 0 bridgehead atoms. The minimum absolute atomic E-state index is 0.311. The summed E-state index contributed by atoms with van der Waals surface area (Å²) in [5.74, 6) is 0.512. The maximum atomic E-state index is 11.7. The van der Waals surface area contributed by atoms with Crippen molar-refractivity contribution in [2.24, 2.45) is 5.92 Å². The largest absolute Gasteiger partial charge is 0.492 e. The van der Waals surface area contributed by atoms with Gasteiger partial charge >= 0.3 is 5.97 Å². The summed E-state index contributed by atoms with van der Waals surface area (Å²) in [5.41, 5.74) is 6.48. The van der Waals surface area contributed by atoms with E-state index in [9.17, 15) is 4.79 Å². The Morgan fingerprint density at radius 3 is 2.56 bits per heavy atom. The van der Waals surface area contributed by atoms with E-state index in [2.05, 4.69) is 13.8 Å². The maximum absolute atomic E-state index is 11.7. The van der Waals surface area contributed by atoms with Crippen molar-refractivity contribution in [1.29, 1.82) is 0 Å². The molecule has 0 atom stereocenters. The Bertz CT molecular complexity index is 400. The number of benzene rings is 1. The van der Waals surface area contributed by atoms with Gasteiger partial charge in [-0.1, -0.05) is 32.8 Å². The summed E-state index contributed by atoms with van der Waals surface area (Å²) in [7, 11) is 1.33. The van der Waals surface area contributed by atoms with Crippen LogP contribution >= 0.6 is 0 Å². The van der Waals surface area contributed by atoms with Crippen molar-refractivity contribution in [3.63, 3.8) is 0 Å². The van der Waals surface area contributed by atoms with E-state index in [-0.39, 0.29) is 0 Å². The van der Waals surface area contributed by atoms with Crippen LogP contribution in [0.25, 0.3) is 0 Å². The molecule has 0 fully saturated rings. The molecule has 1 aromatic rings. The van der Waals surface area contributed by atoms with Crippen LogP contribution in [-0.4, -0.2) is 19.7 Å². The van der Waals surface area contributed by atoms with E-state index < -0.39 is 5.97 Å². The molecule has 0 aliphatic carbocycles. The highest BCUT2D eigenvalue weighted by Gasteiger charge is 2.17. The molecular weight excluding hydrogens is 230 g/mol. The molecule has 0 spiro atoms. The molecule has 0 saturated heterocycles. The number of carbonyl (C=O) groups excluding carboxylic acids is 1. The van der Waals surface area contributed by atoms with Crippen molar-refractivity contribution >= 4 is 11.7 Å². The van der Waals surface area contributed by atoms with Crippen LogP contribution in [0.5, 0.6) is 5.75 Å². The Balaban J connectivity index is 2.88. The smallest absolute Gasteiger partial charge is 0.343 e. The second-order valence-electron chi connectivity index (χ2n) is 4.21. The topological polar surface area (TPSA) is 61.5 Å². The average molecular weight is 251 g/mol. The Morgan fingerprint density at radius 2 is 2.00 bits per heavy atom. The third-order valence-electron chi connectivity index (χ3n) is 3.08. The molecule has 0 radical (unpaired) electrons. The summed E-state index contributed by atoms with van der Waals surface area (Å²) < 4.78 is 10.4. The SMILES string of the molecule is CCC(CC)COc1cccc(N)c1C(=O)OC. The quantitative estimate of drug-likeness (QED) is 0.623. The highest BCUT2D eigenvalue weighted by molar-refractivity contribution is 5.98. The Kier molecular flexibility index (Phi) is 5.49. The van der Waals surface area contributed by atoms with Gasteiger partial charge in [0.05, 0.1) is 13.7 Å². The first-order valence-electron chi connectivity index (χ1n) is 6.23. The van der Waals surface area contributed by atoms with Crippen LogP contribution in [0.2, 0.25) is 0 Å². The van der Waals surface area contributed by atoms with Crippen molar-refractivity contribution in [3.8, 4) is 5.75 Å². The Hall–Kier alpha value is -1.71. The number of nitrogen functional groups attached to an aromatic ring is 1. The van der Waals surface area contributed by atoms with Crippen LogP contribution < -0.4 is 10.5 Å². The molecule has 0 amide bonds. The van der Waals surface area contributed by atoms with E-state index in [0.29, 0.717) is 29.5 Å². The molecule has 0 aliphatic heterocycles. The van der Waals surface area contributed by atoms with Crippen LogP contribution in [0.4, 0.5) is 5.69 Å². The highest BCUT2D eigenvalue weighted by Crippen LogP contribution is 2.26. The highest BCUT2D eigenvalue weighted by atomic mass is 16.5. The maximum Gasteiger partial charge on any atom is 0.343 e. The fourth-order valence-corrected chi connectivity index (χ4v) is 1.72. The third-order valence-corrected chi connectivity index (χ3v) is 3.08. The van der Waals surface area contributed by atoms with E-state index in [1.165, 1.54) is 7.11 Å². The summed E-state index contributed by atoms with van der Waals surface area (Å²) in [6.07, 6.45) is 2.10. The molecule has 18 heavy (non-hydrogen) atoms. The summed E-state index contributed by atoms with van der Waals surface area (Å²) in [5, 5.41) is 0. The number of esters is 1. The summed E-state index contributed by atoms with van der Waals surface area (Å²) >= 11 is 0. The fraction of sp³-hybridized carbons (Fsp3) is 0.500. The second-order valence-corrected chi connectivity index (χ2v) is 4.21. The zero-order valence-electron chi connectivity index (χ0n) is 11.2. The lowest BCUT2D eigenvalue weighted by Crippen LogP contribution is -2.14. The Labute approximate surface area is 108 Å². The van der Waals surface area contributed by atoms with Crippen molar-refractivity contribution in [3.05, 3.63) is 23.8 Å². The standard InChI is InChI=1S/C14H21NO3/c1-4-10(5-2)9-18-12-8-6-7-11(15)13(12)14(16)17-3/h6-8,10H,4-5,9,15H2,1-3H3. The van der Waals surface area contributed by atoms with Gasteiger partial charge in [0.1, 0.15) is 11.3 Å². The first-order valence-corrected chi connectivity index (χ1v) is 6.23. The molecule has 4 nitrogen and oxygen atoms in total. The predicted octanol–water partition coefficient (Wildman–Crippen LogP) is 2.87. The normalized spacial score (nSPS) is 10.4. The number of carbonyl (C=O) groups is 1. The summed E-state index contributed by atoms with van der Waals surface area (Å²) in [6, 6.07) is 5.17. The molecule has 2 N–H and O–H groups in total. The third kappa shape index (κ3) is 3.39. The monoisotopic (exact) mass is 251 g/mol. The lowest BCUT2D eigenvalue weighted by atomic mass is 10.1. The number of anilines is 1. The van der Waals surface area contributed by atoms with Gasteiger partial charge in [-0.25, -0.2) is 4.79 Å². The van der Waals surface area contributed by atoms with Gasteiger partial charge in [-0.3, -0.25) is 0 Å². The van der Waals surface area contributed by atoms with E-state index in [0.717, 1.165) is 12.8 Å². The van der Waals surface area contributed by atoms with Gasteiger partial charge in [-0.15, -0.1) is 0 Å². The van der Waals surface area contributed by atoms with Crippen molar-refractivity contribution < 1.29 is 14.3 Å². The summed E-state index contributed by atoms with van der Waals surface area (Å²) in [4.78, 5) is 11.7. The van der Waals surface area contributed by atoms with Crippen molar-refractivity contribution in [1.82, 2.24) is 0 Å². The fourth-order valence-electron chi connectivity index (χ4n) is 1.72. The predicted molar refractivity (Wildman–Crippen MR) is 71.8 cm³/mol. The van der Waals surface area contributed by atoms with Crippen molar-refractivity contribution in [2.75, 3.05) is 19.5 Å². The molecule has 0 saturated carbocycles. The molecule has 100 valence electrons. The lowest BCUT2D eigenvalue weighted by Gasteiger charge is -2.16. The number of methoxy groups -OCH3 is 1. The van der Waals surface area contributed by atoms with Crippen LogP contribution in [0.1, 0.15) is 37.0 Å². The second kappa shape index (κ2) is 6.89. The number of rotatable bonds is 6. The number of hydrogen-bond acceptors (Lipinski definition) is 4. The summed E-state index contributed by atoms with van der Waals surface area (Å²) in [6.45, 7) is 4.83. The molecule has 0 unspecified atom stereocenters. The lowest BCUT2D eigenvalue weighted by molar-refractivity contribution is 0.0596. The minimum atomic E-state index is -0.465. The van der Waals surface area contributed by atoms with Gasteiger partial charge in [0.2, 0.25) is 0 Å². The van der Waals surface area contributed by atoms with Gasteiger partial charge in [0, 0.05) is 5.69 Å². The molecule has 4 heteroatoms. The van der Waals surface area contributed by atoms with Crippen LogP contribution in [0, 0.1) is 5.92 Å². The number of ether oxygens (including phenoxy) is 2. The van der Waals surface area contributed by atoms with E-state index >= 15 is 0 Å². The van der Waals surface area contributed by atoms with Crippen LogP contribution in [0.15, 0.2) is 18.2 Å². The van der Waals surface area contributed by atoms with Crippen LogP contribution in [0.3, 0.4) is 0 Å². The zero-order valence-corrected chi connectivity index (χ0v) is 11.2. The van der Waals surface area contributed by atoms with Gasteiger partial charge in [0.25, 0.3) is 0 Å². The molecular formula is C14H21NO3. The first-order chi connectivity index (χ1) is 8.63. The van der Waals surface area contributed by atoms with E-state index in [1.807, 2.05) is 0 Å². The zero-order chi connectivity index (χ0) is 13.5. The molecule has 1 aromatic carbocycles. The van der Waals surface area contributed by atoms with Crippen molar-refractivity contribution in [2.45, 2.75) is 26.7 Å². The van der Waals surface area contributed by atoms with E-state index in [4.69, 9.17) is 15.2 Å². The van der Waals surface area contributed by atoms with Gasteiger partial charge in [-0.05, 0) is 18.1 Å². The van der Waals surface area contributed by atoms with Gasteiger partial charge in [-0.2, -0.15) is 0 Å². The molecule has 0 aliphatic rings. The first kappa shape index (κ1) is 14.4. The molecule has 0 aromatic heterocycles. The van der Waals surface area contributed by atoms with Gasteiger partial charge in [0.15, 0.2) is 0 Å². The Morgan fingerprint density at radius 1 is 1.33 bits per heavy atom. The van der Waals surface area contributed by atoms with Crippen LogP contribution in [-0.2, 0) is 4.74 Å². The number of nitrogens with two attached hydrogens (primary N) is 1. The molecule has 0 heterocycles. The minimum Gasteiger partial charge on any atom is -0.492 e. The average Bonchev–Trinajstić information content (AvgIpc) is 2.39.